The molecule has 0 aliphatic carbocycles. The number of nitrogens with zero attached hydrogens (tertiary/aromatic N) is 1. The van der Waals surface area contributed by atoms with Crippen LogP contribution in [0.5, 0.6) is 0 Å². The van der Waals surface area contributed by atoms with Crippen molar-refractivity contribution in [3.63, 3.8) is 0 Å². The molecule has 1 aliphatic rings. The molecule has 0 saturated carbocycles. The van der Waals surface area contributed by atoms with E-state index in [1.807, 2.05) is 0 Å². The molecule has 1 fully saturated rings. The first-order valence-corrected chi connectivity index (χ1v) is 6.65. The molecule has 3 unspecified atom stereocenters. The molecular formula is C12H25NS. The van der Waals surface area contributed by atoms with Gasteiger partial charge in [0.05, 0.1) is 0 Å². The summed E-state index contributed by atoms with van der Waals surface area (Å²) in [6.45, 7) is 9.58. The third-order valence-electron chi connectivity index (χ3n) is 3.58. The van der Waals surface area contributed by atoms with Gasteiger partial charge in [-0.05, 0) is 37.4 Å². The number of hydrogen-bond donors (Lipinski definition) is 1. The van der Waals surface area contributed by atoms with Gasteiger partial charge in [-0.25, -0.2) is 0 Å². The zero-order valence-electron chi connectivity index (χ0n) is 9.87. The Kier molecular flexibility index (Phi) is 5.32. The van der Waals surface area contributed by atoms with E-state index in [-0.39, 0.29) is 0 Å². The number of likely N-dealkylation sites (tertiary alicyclic amines) is 1. The monoisotopic (exact) mass is 215 g/mol. The Morgan fingerprint density at radius 2 is 2.07 bits per heavy atom. The highest BCUT2D eigenvalue weighted by molar-refractivity contribution is 7.80. The second-order valence-electron chi connectivity index (χ2n) is 4.94. The van der Waals surface area contributed by atoms with Crippen LogP contribution >= 0.6 is 12.6 Å². The Balaban J connectivity index is 2.40. The van der Waals surface area contributed by atoms with E-state index in [0.717, 1.165) is 23.6 Å². The number of rotatable bonds is 4. The predicted molar refractivity (Wildman–Crippen MR) is 67.1 cm³/mol. The smallest absolute Gasteiger partial charge is 0.00672 e. The lowest BCUT2D eigenvalue weighted by Gasteiger charge is -2.38. The average molecular weight is 215 g/mol. The molecule has 0 radical (unpaired) electrons. The van der Waals surface area contributed by atoms with Crippen LogP contribution in [0.4, 0.5) is 0 Å². The third-order valence-corrected chi connectivity index (χ3v) is 4.09. The topological polar surface area (TPSA) is 3.24 Å². The zero-order chi connectivity index (χ0) is 10.6. The number of thiol groups is 1. The predicted octanol–water partition coefficient (Wildman–Crippen LogP) is 3.06. The van der Waals surface area contributed by atoms with Crippen molar-refractivity contribution in [2.45, 2.75) is 46.1 Å². The molecule has 1 heterocycles. The zero-order valence-corrected chi connectivity index (χ0v) is 10.8. The van der Waals surface area contributed by atoms with Crippen molar-refractivity contribution in [2.75, 3.05) is 18.8 Å². The van der Waals surface area contributed by atoms with Crippen LogP contribution in [0.3, 0.4) is 0 Å². The van der Waals surface area contributed by atoms with E-state index in [9.17, 15) is 0 Å². The van der Waals surface area contributed by atoms with Gasteiger partial charge in [-0.3, -0.25) is 0 Å². The molecule has 1 nitrogen and oxygen atoms in total. The number of hydrogen-bond acceptors (Lipinski definition) is 2. The van der Waals surface area contributed by atoms with Crippen LogP contribution in [-0.2, 0) is 0 Å². The minimum atomic E-state index is 0.783. The summed E-state index contributed by atoms with van der Waals surface area (Å²) in [6.07, 6.45) is 4.06. The fourth-order valence-corrected chi connectivity index (χ4v) is 2.66. The Bertz CT molecular complexity index is 156. The molecular weight excluding hydrogens is 190 g/mol. The summed E-state index contributed by atoms with van der Waals surface area (Å²) in [5.74, 6) is 2.71. The van der Waals surface area contributed by atoms with E-state index in [1.165, 1.54) is 32.4 Å². The first-order valence-electron chi connectivity index (χ1n) is 6.02. The summed E-state index contributed by atoms with van der Waals surface area (Å²) in [7, 11) is 0. The Morgan fingerprint density at radius 3 is 2.64 bits per heavy atom. The summed E-state index contributed by atoms with van der Waals surface area (Å²) in [6, 6.07) is 0.792. The molecule has 0 N–H and O–H groups in total. The van der Waals surface area contributed by atoms with E-state index in [4.69, 9.17) is 0 Å². The van der Waals surface area contributed by atoms with Gasteiger partial charge in [0.25, 0.3) is 0 Å². The molecule has 1 saturated heterocycles. The van der Waals surface area contributed by atoms with E-state index in [2.05, 4.69) is 38.3 Å². The van der Waals surface area contributed by atoms with E-state index in [0.29, 0.717) is 0 Å². The van der Waals surface area contributed by atoms with Gasteiger partial charge in [-0.2, -0.15) is 12.6 Å². The van der Waals surface area contributed by atoms with E-state index >= 15 is 0 Å². The molecule has 0 spiro atoms. The summed E-state index contributed by atoms with van der Waals surface area (Å²) in [5.41, 5.74) is 0. The minimum absolute atomic E-state index is 0.783. The maximum absolute atomic E-state index is 4.42. The maximum Gasteiger partial charge on any atom is 0.00672 e. The van der Waals surface area contributed by atoms with Crippen LogP contribution in [0.2, 0.25) is 0 Å². The molecule has 1 rings (SSSR count). The van der Waals surface area contributed by atoms with Crippen molar-refractivity contribution < 1.29 is 0 Å². The highest BCUT2D eigenvalue weighted by atomic mass is 32.1. The van der Waals surface area contributed by atoms with Crippen molar-refractivity contribution in [2.24, 2.45) is 11.8 Å². The van der Waals surface area contributed by atoms with Gasteiger partial charge in [0.2, 0.25) is 0 Å². The minimum Gasteiger partial charge on any atom is -0.300 e. The van der Waals surface area contributed by atoms with Crippen LogP contribution in [-0.4, -0.2) is 29.8 Å². The fraction of sp³-hybridized carbons (Fsp3) is 1.00. The summed E-state index contributed by atoms with van der Waals surface area (Å²) >= 11 is 4.42. The second kappa shape index (κ2) is 6.02. The van der Waals surface area contributed by atoms with Crippen LogP contribution in [0, 0.1) is 11.8 Å². The van der Waals surface area contributed by atoms with Crippen LogP contribution in [0.25, 0.3) is 0 Å². The van der Waals surface area contributed by atoms with E-state index in [1.54, 1.807) is 0 Å². The summed E-state index contributed by atoms with van der Waals surface area (Å²) in [4.78, 5) is 2.67. The Hall–Kier alpha value is 0.310. The van der Waals surface area contributed by atoms with Gasteiger partial charge in [0.1, 0.15) is 0 Å². The van der Waals surface area contributed by atoms with Gasteiger partial charge in [-0.1, -0.05) is 20.3 Å². The SMILES string of the molecule is CCC(CS)CN1CC(C)CCC1C. The van der Waals surface area contributed by atoms with Crippen molar-refractivity contribution >= 4 is 12.6 Å². The molecule has 84 valence electrons. The van der Waals surface area contributed by atoms with Gasteiger partial charge >= 0.3 is 0 Å². The quantitative estimate of drug-likeness (QED) is 0.705. The molecule has 0 amide bonds. The van der Waals surface area contributed by atoms with Crippen molar-refractivity contribution in [1.82, 2.24) is 4.90 Å². The highest BCUT2D eigenvalue weighted by Gasteiger charge is 2.24. The molecule has 0 aromatic carbocycles. The van der Waals surface area contributed by atoms with Crippen molar-refractivity contribution in [1.29, 1.82) is 0 Å². The van der Waals surface area contributed by atoms with Gasteiger partial charge < -0.3 is 4.90 Å². The van der Waals surface area contributed by atoms with E-state index < -0.39 is 0 Å². The lowest BCUT2D eigenvalue weighted by atomic mass is 9.93. The van der Waals surface area contributed by atoms with Crippen molar-refractivity contribution in [3.8, 4) is 0 Å². The average Bonchev–Trinajstić information content (AvgIpc) is 2.19. The van der Waals surface area contributed by atoms with Crippen LogP contribution < -0.4 is 0 Å². The molecule has 2 heteroatoms. The largest absolute Gasteiger partial charge is 0.300 e. The Morgan fingerprint density at radius 1 is 1.36 bits per heavy atom. The molecule has 0 bridgehead atoms. The molecule has 14 heavy (non-hydrogen) atoms. The fourth-order valence-electron chi connectivity index (χ4n) is 2.28. The van der Waals surface area contributed by atoms with Crippen molar-refractivity contribution in [3.05, 3.63) is 0 Å². The van der Waals surface area contributed by atoms with Gasteiger partial charge in [0.15, 0.2) is 0 Å². The molecule has 3 atom stereocenters. The number of piperidine rings is 1. The second-order valence-corrected chi connectivity index (χ2v) is 5.31. The molecule has 0 aromatic rings. The summed E-state index contributed by atoms with van der Waals surface area (Å²) < 4.78 is 0. The van der Waals surface area contributed by atoms with Crippen LogP contribution in [0.15, 0.2) is 0 Å². The lowest BCUT2D eigenvalue weighted by Crippen LogP contribution is -2.43. The lowest BCUT2D eigenvalue weighted by molar-refractivity contribution is 0.108. The standard InChI is InChI=1S/C12H25NS/c1-4-12(9-14)8-13-7-10(2)5-6-11(13)3/h10-12,14H,4-9H2,1-3H3. The van der Waals surface area contributed by atoms with Gasteiger partial charge in [-0.15, -0.1) is 0 Å². The first kappa shape index (κ1) is 12.4. The molecule has 0 aromatic heterocycles. The highest BCUT2D eigenvalue weighted by Crippen LogP contribution is 2.23. The normalized spacial score (nSPS) is 31.7. The molecule has 1 aliphatic heterocycles. The Labute approximate surface area is 94.7 Å². The third kappa shape index (κ3) is 3.47. The van der Waals surface area contributed by atoms with Gasteiger partial charge in [0, 0.05) is 19.1 Å². The first-order chi connectivity index (χ1) is 6.67. The maximum atomic E-state index is 4.42. The summed E-state index contributed by atoms with van der Waals surface area (Å²) in [5, 5.41) is 0. The van der Waals surface area contributed by atoms with Crippen LogP contribution in [0.1, 0.15) is 40.0 Å².